The first-order valence-corrected chi connectivity index (χ1v) is 15.1. The van der Waals surface area contributed by atoms with Crippen molar-refractivity contribution in [2.45, 2.75) is 0 Å². The first kappa shape index (κ1) is 23.6. The van der Waals surface area contributed by atoms with Crippen LogP contribution >= 0.6 is 0 Å². The standard InChI is InChI=1S/C41H25N3/c1-2-11-30(12-3-1)43-36-16-8-6-14-32(36)39-38-25-29-24-28(21-23-35(29)44(38)37-17-9-7-15-33(37)41(39)43)34-22-20-27-19-18-26-10-4-5-13-31(26)40(27)42-34/h1-25H. The molecule has 0 spiro atoms. The highest BCUT2D eigenvalue weighted by Gasteiger charge is 2.20. The van der Waals surface area contributed by atoms with E-state index >= 15 is 0 Å². The van der Waals surface area contributed by atoms with Crippen LogP contribution in [0.4, 0.5) is 0 Å². The molecule has 0 aliphatic rings. The van der Waals surface area contributed by atoms with Gasteiger partial charge in [0.25, 0.3) is 0 Å². The second-order valence-electron chi connectivity index (χ2n) is 11.6. The lowest BCUT2D eigenvalue weighted by atomic mass is 10.0. The molecule has 10 aromatic rings. The number of hydrogen-bond donors (Lipinski definition) is 0. The smallest absolute Gasteiger partial charge is 0.0787 e. The molecule has 0 radical (unpaired) electrons. The van der Waals surface area contributed by atoms with Gasteiger partial charge in [-0.25, -0.2) is 4.98 Å². The summed E-state index contributed by atoms with van der Waals surface area (Å²) in [6.45, 7) is 0. The fraction of sp³-hybridized carbons (Fsp3) is 0. The van der Waals surface area contributed by atoms with Crippen LogP contribution in [0.15, 0.2) is 152 Å². The summed E-state index contributed by atoms with van der Waals surface area (Å²) in [6, 6.07) is 54.7. The summed E-state index contributed by atoms with van der Waals surface area (Å²) < 4.78 is 4.87. The van der Waals surface area contributed by atoms with Crippen molar-refractivity contribution in [3.63, 3.8) is 0 Å². The Morgan fingerprint density at radius 3 is 2.02 bits per heavy atom. The van der Waals surface area contributed by atoms with E-state index in [0.29, 0.717) is 0 Å². The van der Waals surface area contributed by atoms with Crippen LogP contribution < -0.4 is 0 Å². The van der Waals surface area contributed by atoms with Gasteiger partial charge in [-0.05, 0) is 53.9 Å². The van der Waals surface area contributed by atoms with E-state index in [2.05, 4.69) is 161 Å². The number of nitrogens with zero attached hydrogens (tertiary/aromatic N) is 3. The first-order valence-electron chi connectivity index (χ1n) is 15.1. The van der Waals surface area contributed by atoms with Crippen LogP contribution in [-0.4, -0.2) is 14.0 Å². The maximum Gasteiger partial charge on any atom is 0.0787 e. The Morgan fingerprint density at radius 1 is 0.432 bits per heavy atom. The molecule has 3 nitrogen and oxygen atoms in total. The third-order valence-electron chi connectivity index (χ3n) is 9.23. The average Bonchev–Trinajstić information content (AvgIpc) is 3.65. The minimum Gasteiger partial charge on any atom is -0.308 e. The van der Waals surface area contributed by atoms with E-state index in [1.165, 1.54) is 65.6 Å². The van der Waals surface area contributed by atoms with Crippen molar-refractivity contribution in [3.8, 4) is 16.9 Å². The lowest BCUT2D eigenvalue weighted by Crippen LogP contribution is -1.96. The van der Waals surface area contributed by atoms with E-state index in [1.807, 2.05) is 0 Å². The molecule has 4 heterocycles. The minimum absolute atomic E-state index is 0.988. The van der Waals surface area contributed by atoms with Gasteiger partial charge in [-0.2, -0.15) is 0 Å². The van der Waals surface area contributed by atoms with Crippen LogP contribution in [-0.2, 0) is 0 Å². The van der Waals surface area contributed by atoms with E-state index in [9.17, 15) is 0 Å². The Balaban J connectivity index is 1.30. The third kappa shape index (κ3) is 3.18. The van der Waals surface area contributed by atoms with Crippen molar-refractivity contribution < 1.29 is 0 Å². The maximum atomic E-state index is 5.20. The van der Waals surface area contributed by atoms with Crippen LogP contribution in [0.3, 0.4) is 0 Å². The van der Waals surface area contributed by atoms with Crippen molar-refractivity contribution in [1.29, 1.82) is 0 Å². The quantitative estimate of drug-likeness (QED) is 0.193. The summed E-state index contributed by atoms with van der Waals surface area (Å²) in [6.07, 6.45) is 0. The number of pyridine rings is 2. The van der Waals surface area contributed by atoms with Gasteiger partial charge >= 0.3 is 0 Å². The molecule has 0 unspecified atom stereocenters. The highest BCUT2D eigenvalue weighted by Crippen LogP contribution is 2.42. The number of benzene rings is 6. The molecule has 0 atom stereocenters. The molecule has 0 saturated heterocycles. The molecular weight excluding hydrogens is 534 g/mol. The SMILES string of the molecule is c1ccc(-n2c3ccccc3c3c2c2ccccc2n2c4ccc(-c5ccc6ccc7ccccc7c6n5)cc4cc32)cc1. The lowest BCUT2D eigenvalue weighted by Gasteiger charge is -2.12. The predicted octanol–water partition coefficient (Wildman–Crippen LogP) is 10.7. The molecule has 4 aromatic heterocycles. The first-order chi connectivity index (χ1) is 21.8. The molecule has 204 valence electrons. The van der Waals surface area contributed by atoms with E-state index in [1.54, 1.807) is 0 Å². The number of fused-ring (bicyclic) bond motifs is 13. The lowest BCUT2D eigenvalue weighted by molar-refractivity contribution is 1.18. The Labute approximate surface area is 252 Å². The molecule has 0 fully saturated rings. The predicted molar refractivity (Wildman–Crippen MR) is 185 cm³/mol. The summed E-state index contributed by atoms with van der Waals surface area (Å²) in [4.78, 5) is 5.20. The fourth-order valence-corrected chi connectivity index (χ4v) is 7.31. The molecule has 0 saturated carbocycles. The average molecular weight is 560 g/mol. The topological polar surface area (TPSA) is 22.2 Å². The zero-order chi connectivity index (χ0) is 28.8. The zero-order valence-corrected chi connectivity index (χ0v) is 23.8. The molecule has 3 heteroatoms. The van der Waals surface area contributed by atoms with Crippen molar-refractivity contribution in [2.24, 2.45) is 0 Å². The summed E-state index contributed by atoms with van der Waals surface area (Å²) in [5, 5.41) is 8.53. The largest absolute Gasteiger partial charge is 0.308 e. The van der Waals surface area contributed by atoms with Crippen LogP contribution in [0, 0.1) is 0 Å². The molecule has 6 aromatic carbocycles. The molecule has 0 N–H and O–H groups in total. The van der Waals surface area contributed by atoms with Gasteiger partial charge in [-0.3, -0.25) is 0 Å². The van der Waals surface area contributed by atoms with Crippen molar-refractivity contribution in [1.82, 2.24) is 14.0 Å². The van der Waals surface area contributed by atoms with Gasteiger partial charge in [-0.1, -0.05) is 103 Å². The second-order valence-corrected chi connectivity index (χ2v) is 11.6. The molecule has 0 aliphatic heterocycles. The van der Waals surface area contributed by atoms with E-state index in [-0.39, 0.29) is 0 Å². The van der Waals surface area contributed by atoms with Gasteiger partial charge in [0.2, 0.25) is 0 Å². The van der Waals surface area contributed by atoms with Gasteiger partial charge in [-0.15, -0.1) is 0 Å². The molecule has 0 amide bonds. The fourth-order valence-electron chi connectivity index (χ4n) is 7.31. The van der Waals surface area contributed by atoms with E-state index in [4.69, 9.17) is 4.98 Å². The van der Waals surface area contributed by atoms with Gasteiger partial charge < -0.3 is 8.97 Å². The summed E-state index contributed by atoms with van der Waals surface area (Å²) >= 11 is 0. The Morgan fingerprint density at radius 2 is 1.14 bits per heavy atom. The minimum atomic E-state index is 0.988. The van der Waals surface area contributed by atoms with E-state index in [0.717, 1.165) is 22.2 Å². The number of para-hydroxylation sites is 3. The van der Waals surface area contributed by atoms with E-state index < -0.39 is 0 Å². The molecule has 10 rings (SSSR count). The van der Waals surface area contributed by atoms with Crippen LogP contribution in [0.25, 0.3) is 87.7 Å². The van der Waals surface area contributed by atoms with Gasteiger partial charge in [0.1, 0.15) is 0 Å². The Hall–Kier alpha value is -5.93. The summed E-state index contributed by atoms with van der Waals surface area (Å²) in [5.74, 6) is 0. The second kappa shape index (κ2) is 8.79. The van der Waals surface area contributed by atoms with Gasteiger partial charge in [0, 0.05) is 43.6 Å². The van der Waals surface area contributed by atoms with Crippen LogP contribution in [0.2, 0.25) is 0 Å². The maximum absolute atomic E-state index is 5.20. The van der Waals surface area contributed by atoms with Crippen LogP contribution in [0.1, 0.15) is 0 Å². The summed E-state index contributed by atoms with van der Waals surface area (Å²) in [5.41, 5.74) is 10.4. The summed E-state index contributed by atoms with van der Waals surface area (Å²) in [7, 11) is 0. The number of hydrogen-bond acceptors (Lipinski definition) is 1. The Bertz CT molecular complexity index is 2770. The molecular formula is C41H25N3. The number of aromatic nitrogens is 3. The zero-order valence-electron chi connectivity index (χ0n) is 23.8. The third-order valence-corrected chi connectivity index (χ3v) is 9.23. The number of rotatable bonds is 2. The molecule has 44 heavy (non-hydrogen) atoms. The molecule has 0 aliphatic carbocycles. The van der Waals surface area contributed by atoms with Crippen molar-refractivity contribution >= 4 is 70.8 Å². The highest BCUT2D eigenvalue weighted by molar-refractivity contribution is 6.25. The van der Waals surface area contributed by atoms with Gasteiger partial charge in [0.15, 0.2) is 0 Å². The molecule has 0 bridgehead atoms. The normalized spacial score (nSPS) is 12.1. The van der Waals surface area contributed by atoms with Crippen LogP contribution in [0.5, 0.6) is 0 Å². The highest BCUT2D eigenvalue weighted by atomic mass is 15.0. The van der Waals surface area contributed by atoms with Crippen molar-refractivity contribution in [2.75, 3.05) is 0 Å². The van der Waals surface area contributed by atoms with Gasteiger partial charge in [0.05, 0.1) is 38.8 Å². The van der Waals surface area contributed by atoms with Crippen molar-refractivity contribution in [3.05, 3.63) is 152 Å². The Kier molecular flexibility index (Phi) is 4.72. The monoisotopic (exact) mass is 559 g/mol.